The molecule has 9 heteroatoms. The Hall–Kier alpha value is -3.12. The molecule has 1 N–H and O–H groups in total. The lowest BCUT2D eigenvalue weighted by Gasteiger charge is -2.09. The first-order chi connectivity index (χ1) is 13.6. The molecule has 0 bridgehead atoms. The molecule has 2 atom stereocenters. The number of nitriles is 1. The van der Waals surface area contributed by atoms with Crippen LogP contribution >= 0.6 is 11.3 Å². The summed E-state index contributed by atoms with van der Waals surface area (Å²) in [6.07, 6.45) is 3.00. The van der Waals surface area contributed by atoms with Crippen molar-refractivity contribution in [2.45, 2.75) is 32.7 Å². The number of anilines is 1. The van der Waals surface area contributed by atoms with Crippen molar-refractivity contribution in [3.8, 4) is 11.9 Å². The number of hydrogen-bond acceptors (Lipinski definition) is 9. The van der Waals surface area contributed by atoms with Gasteiger partial charge in [0.2, 0.25) is 10.9 Å². The lowest BCUT2D eigenvalue weighted by molar-refractivity contribution is 0.284. The van der Waals surface area contributed by atoms with Crippen molar-refractivity contribution in [1.82, 2.24) is 25.1 Å². The van der Waals surface area contributed by atoms with Crippen LogP contribution in [0.1, 0.15) is 39.4 Å². The molecule has 4 rings (SSSR count). The average molecular weight is 393 g/mol. The molecule has 0 amide bonds. The number of ether oxygens (including phenoxy) is 1. The van der Waals surface area contributed by atoms with E-state index in [0.717, 1.165) is 17.1 Å². The highest BCUT2D eigenvalue weighted by Gasteiger charge is 2.40. The van der Waals surface area contributed by atoms with E-state index in [-0.39, 0.29) is 0 Å². The molecule has 3 aromatic heterocycles. The Labute approximate surface area is 166 Å². The summed E-state index contributed by atoms with van der Waals surface area (Å²) in [7, 11) is 0. The van der Waals surface area contributed by atoms with Gasteiger partial charge in [0, 0.05) is 29.8 Å². The normalized spacial score (nSPS) is 17.8. The van der Waals surface area contributed by atoms with Gasteiger partial charge in [-0.15, -0.1) is 10.2 Å². The molecule has 1 aliphatic rings. The van der Waals surface area contributed by atoms with Crippen LogP contribution < -0.4 is 10.1 Å². The fraction of sp³-hybridized carbons (Fsp3) is 0.368. The predicted molar refractivity (Wildman–Crippen MR) is 104 cm³/mol. The van der Waals surface area contributed by atoms with Crippen LogP contribution in [0.25, 0.3) is 0 Å². The van der Waals surface area contributed by atoms with E-state index in [1.807, 2.05) is 26.1 Å². The van der Waals surface area contributed by atoms with E-state index < -0.39 is 0 Å². The second-order valence-electron chi connectivity index (χ2n) is 6.78. The summed E-state index contributed by atoms with van der Waals surface area (Å²) in [6.45, 7) is 4.92. The maximum absolute atomic E-state index is 8.82. The van der Waals surface area contributed by atoms with Gasteiger partial charge < -0.3 is 10.1 Å². The van der Waals surface area contributed by atoms with Crippen LogP contribution in [0.15, 0.2) is 24.4 Å². The molecule has 142 valence electrons. The number of pyridine rings is 1. The number of hydrogen-bond donors (Lipinski definition) is 1. The van der Waals surface area contributed by atoms with E-state index in [1.54, 1.807) is 6.07 Å². The number of aryl methyl sites for hydroxylation is 2. The van der Waals surface area contributed by atoms with Crippen LogP contribution in [0.5, 0.6) is 5.88 Å². The molecular weight excluding hydrogens is 374 g/mol. The van der Waals surface area contributed by atoms with E-state index >= 15 is 0 Å². The van der Waals surface area contributed by atoms with Gasteiger partial charge in [-0.3, -0.25) is 4.98 Å². The van der Waals surface area contributed by atoms with Gasteiger partial charge in [-0.05, 0) is 31.9 Å². The van der Waals surface area contributed by atoms with Crippen LogP contribution in [-0.2, 0) is 6.54 Å². The van der Waals surface area contributed by atoms with Gasteiger partial charge in [0.1, 0.15) is 22.7 Å². The van der Waals surface area contributed by atoms with E-state index in [0.29, 0.717) is 47.5 Å². The van der Waals surface area contributed by atoms with Gasteiger partial charge in [0.05, 0.1) is 13.2 Å². The molecule has 1 fully saturated rings. The molecule has 0 aliphatic heterocycles. The summed E-state index contributed by atoms with van der Waals surface area (Å²) >= 11 is 1.26. The first-order valence-electron chi connectivity index (χ1n) is 8.98. The first-order valence-corrected chi connectivity index (χ1v) is 9.80. The largest absolute Gasteiger partial charge is 0.477 e. The predicted octanol–water partition coefficient (Wildman–Crippen LogP) is 3.01. The number of nitrogens with zero attached hydrogens (tertiary/aromatic N) is 6. The van der Waals surface area contributed by atoms with E-state index in [1.165, 1.54) is 16.9 Å². The van der Waals surface area contributed by atoms with Crippen molar-refractivity contribution >= 4 is 17.2 Å². The molecule has 2 unspecified atom stereocenters. The van der Waals surface area contributed by atoms with Gasteiger partial charge >= 0.3 is 0 Å². The first kappa shape index (κ1) is 18.3. The molecule has 0 saturated heterocycles. The standard InChI is InChI=1S/C19H19N7OS/c1-11-3-4-15(21-8-11)14-5-13(14)10-27-17-6-16(23-12(2)24-17)22-9-19-26-25-18(7-20)28-19/h3-4,6,8,13-14H,5,9-10H2,1-2H3,(H,22,23,24). The average Bonchev–Trinajstić information content (AvgIpc) is 3.32. The Bertz CT molecular complexity index is 1010. The molecule has 0 spiro atoms. The van der Waals surface area contributed by atoms with Crippen molar-refractivity contribution in [3.05, 3.63) is 51.5 Å². The molecule has 3 aromatic rings. The van der Waals surface area contributed by atoms with E-state index in [9.17, 15) is 0 Å². The minimum Gasteiger partial charge on any atom is -0.477 e. The molecule has 0 aromatic carbocycles. The van der Waals surface area contributed by atoms with Gasteiger partial charge in [0.15, 0.2) is 0 Å². The lowest BCUT2D eigenvalue weighted by atomic mass is 10.2. The molecule has 3 heterocycles. The highest BCUT2D eigenvalue weighted by molar-refractivity contribution is 7.11. The quantitative estimate of drug-likeness (QED) is 0.652. The molecule has 0 radical (unpaired) electrons. The van der Waals surface area contributed by atoms with Crippen LogP contribution in [0.2, 0.25) is 0 Å². The Morgan fingerprint density at radius 3 is 2.93 bits per heavy atom. The van der Waals surface area contributed by atoms with E-state index in [2.05, 4.69) is 42.6 Å². The SMILES string of the molecule is Cc1ccc(C2CC2COc2cc(NCc3nnc(C#N)s3)nc(C)n2)nc1. The summed E-state index contributed by atoms with van der Waals surface area (Å²) in [5.74, 6) is 2.76. The second kappa shape index (κ2) is 7.86. The Kier molecular flexibility index (Phi) is 5.12. The molecule has 1 aliphatic carbocycles. The van der Waals surface area contributed by atoms with Crippen LogP contribution in [-0.4, -0.2) is 31.8 Å². The van der Waals surface area contributed by atoms with Crippen molar-refractivity contribution in [1.29, 1.82) is 5.26 Å². The summed E-state index contributed by atoms with van der Waals surface area (Å²) in [6, 6.07) is 7.96. The van der Waals surface area contributed by atoms with Crippen molar-refractivity contribution in [2.24, 2.45) is 5.92 Å². The third-order valence-corrected chi connectivity index (χ3v) is 5.31. The zero-order valence-corrected chi connectivity index (χ0v) is 16.4. The van der Waals surface area contributed by atoms with Crippen LogP contribution in [0.3, 0.4) is 0 Å². The Morgan fingerprint density at radius 1 is 1.29 bits per heavy atom. The molecule has 28 heavy (non-hydrogen) atoms. The summed E-state index contributed by atoms with van der Waals surface area (Å²) in [4.78, 5) is 13.2. The Morgan fingerprint density at radius 2 is 2.18 bits per heavy atom. The van der Waals surface area contributed by atoms with Gasteiger partial charge in [-0.2, -0.15) is 10.2 Å². The maximum Gasteiger partial charge on any atom is 0.218 e. The van der Waals surface area contributed by atoms with Crippen molar-refractivity contribution in [3.63, 3.8) is 0 Å². The lowest BCUT2D eigenvalue weighted by Crippen LogP contribution is -2.07. The minimum absolute atomic E-state index is 0.349. The minimum atomic E-state index is 0.349. The smallest absolute Gasteiger partial charge is 0.218 e. The third kappa shape index (κ3) is 4.40. The fourth-order valence-corrected chi connectivity index (χ4v) is 3.50. The molecule has 8 nitrogen and oxygen atoms in total. The zero-order valence-electron chi connectivity index (χ0n) is 15.6. The molecular formula is C19H19N7OS. The van der Waals surface area contributed by atoms with Crippen LogP contribution in [0.4, 0.5) is 5.82 Å². The van der Waals surface area contributed by atoms with Crippen molar-refractivity contribution < 1.29 is 4.74 Å². The topological polar surface area (TPSA) is 110 Å². The fourth-order valence-electron chi connectivity index (χ4n) is 2.93. The third-order valence-electron chi connectivity index (χ3n) is 4.48. The van der Waals surface area contributed by atoms with Crippen LogP contribution in [0, 0.1) is 31.1 Å². The van der Waals surface area contributed by atoms with Crippen molar-refractivity contribution in [2.75, 3.05) is 11.9 Å². The van der Waals surface area contributed by atoms with E-state index in [4.69, 9.17) is 10.00 Å². The number of rotatable bonds is 7. The number of aromatic nitrogens is 5. The summed E-state index contributed by atoms with van der Waals surface area (Å²) in [5, 5.41) is 20.8. The van der Waals surface area contributed by atoms with Gasteiger partial charge in [0.25, 0.3) is 0 Å². The van der Waals surface area contributed by atoms with Gasteiger partial charge in [-0.1, -0.05) is 17.4 Å². The highest BCUT2D eigenvalue weighted by atomic mass is 32.1. The second-order valence-corrected chi connectivity index (χ2v) is 7.84. The molecule has 1 saturated carbocycles. The van der Waals surface area contributed by atoms with Gasteiger partial charge in [-0.25, -0.2) is 4.98 Å². The monoisotopic (exact) mass is 393 g/mol. The Balaban J connectivity index is 1.32. The maximum atomic E-state index is 8.82. The number of nitrogens with one attached hydrogen (secondary N) is 1. The zero-order chi connectivity index (χ0) is 19.5. The summed E-state index contributed by atoms with van der Waals surface area (Å²) in [5.41, 5.74) is 2.31. The highest BCUT2D eigenvalue weighted by Crippen LogP contribution is 2.46. The summed E-state index contributed by atoms with van der Waals surface area (Å²) < 4.78 is 5.91.